The molecule has 0 bridgehead atoms. The minimum absolute atomic E-state index is 0.000607. The van der Waals surface area contributed by atoms with Crippen molar-refractivity contribution in [2.24, 2.45) is 0 Å². The SMILES string of the molecule is CCC(C(=O)NC(C)(C)C)N(Cc1ccc(F)cc1)C(=O)CN(c1ccc(C)cc1)S(=O)(=O)c1ccc(SC)cc1. The quantitative estimate of drug-likeness (QED) is 0.283. The van der Waals surface area contributed by atoms with Gasteiger partial charge < -0.3 is 10.2 Å². The Hall–Kier alpha value is -3.37. The number of amides is 2. The minimum Gasteiger partial charge on any atom is -0.350 e. The summed E-state index contributed by atoms with van der Waals surface area (Å²) in [5, 5.41) is 2.93. The van der Waals surface area contributed by atoms with Gasteiger partial charge >= 0.3 is 0 Å². The van der Waals surface area contributed by atoms with Crippen LogP contribution in [-0.2, 0) is 26.2 Å². The van der Waals surface area contributed by atoms with E-state index in [1.54, 1.807) is 55.5 Å². The van der Waals surface area contributed by atoms with Gasteiger partial charge in [0.1, 0.15) is 18.4 Å². The van der Waals surface area contributed by atoms with E-state index in [1.165, 1.54) is 40.9 Å². The van der Waals surface area contributed by atoms with Crippen molar-refractivity contribution in [1.29, 1.82) is 0 Å². The molecule has 220 valence electrons. The smallest absolute Gasteiger partial charge is 0.264 e. The molecule has 3 aromatic rings. The van der Waals surface area contributed by atoms with Crippen molar-refractivity contribution in [1.82, 2.24) is 10.2 Å². The Morgan fingerprint density at radius 1 is 0.951 bits per heavy atom. The maximum absolute atomic E-state index is 14.1. The number of carbonyl (C=O) groups excluding carboxylic acids is 2. The number of aryl methyl sites for hydroxylation is 1. The molecule has 0 radical (unpaired) electrons. The number of benzene rings is 3. The fourth-order valence-corrected chi connectivity index (χ4v) is 6.10. The highest BCUT2D eigenvalue weighted by Gasteiger charge is 2.34. The number of thioether (sulfide) groups is 1. The first-order valence-corrected chi connectivity index (χ1v) is 16.0. The molecule has 0 saturated heterocycles. The highest BCUT2D eigenvalue weighted by molar-refractivity contribution is 7.98. The van der Waals surface area contributed by atoms with Crippen LogP contribution in [0.5, 0.6) is 0 Å². The lowest BCUT2D eigenvalue weighted by Crippen LogP contribution is -2.55. The number of hydrogen-bond acceptors (Lipinski definition) is 5. The second kappa shape index (κ2) is 13.5. The summed E-state index contributed by atoms with van der Waals surface area (Å²) in [5.41, 5.74) is 1.32. The average molecular weight is 600 g/mol. The first-order chi connectivity index (χ1) is 19.2. The van der Waals surface area contributed by atoms with Crippen molar-refractivity contribution in [3.63, 3.8) is 0 Å². The molecular weight excluding hydrogens is 561 g/mol. The molecule has 2 amide bonds. The summed E-state index contributed by atoms with van der Waals surface area (Å²) in [7, 11) is -4.15. The molecule has 0 aromatic heterocycles. The lowest BCUT2D eigenvalue weighted by Gasteiger charge is -2.34. The summed E-state index contributed by atoms with van der Waals surface area (Å²) >= 11 is 1.49. The Kier molecular flexibility index (Phi) is 10.6. The van der Waals surface area contributed by atoms with E-state index in [-0.39, 0.29) is 17.3 Å². The molecular formula is C31H38FN3O4S2. The van der Waals surface area contributed by atoms with Crippen LogP contribution in [0.15, 0.2) is 82.6 Å². The molecule has 0 fully saturated rings. The standard InChI is InChI=1S/C31H38FN3O4S2/c1-7-28(30(37)33-31(3,4)5)34(20-23-10-12-24(32)13-11-23)29(36)21-35(25-14-8-22(2)9-15-25)41(38,39)27-18-16-26(40-6)17-19-27/h8-19,28H,7,20-21H2,1-6H3,(H,33,37). The van der Waals surface area contributed by atoms with Gasteiger partial charge in [-0.2, -0.15) is 0 Å². The molecule has 0 heterocycles. The van der Waals surface area contributed by atoms with Crippen LogP contribution in [0.4, 0.5) is 10.1 Å². The summed E-state index contributed by atoms with van der Waals surface area (Å²) in [6.07, 6.45) is 2.19. The van der Waals surface area contributed by atoms with Gasteiger partial charge in [-0.25, -0.2) is 12.8 Å². The Labute approximate surface area is 247 Å². The Morgan fingerprint density at radius 3 is 2.05 bits per heavy atom. The van der Waals surface area contributed by atoms with Crippen LogP contribution in [0.3, 0.4) is 0 Å². The highest BCUT2D eigenvalue weighted by Crippen LogP contribution is 2.27. The third-order valence-corrected chi connectivity index (χ3v) is 8.93. The Balaban J connectivity index is 2.06. The monoisotopic (exact) mass is 599 g/mol. The molecule has 1 unspecified atom stereocenters. The van der Waals surface area contributed by atoms with Crippen molar-refractivity contribution in [2.75, 3.05) is 17.1 Å². The van der Waals surface area contributed by atoms with E-state index >= 15 is 0 Å². The van der Waals surface area contributed by atoms with Crippen LogP contribution < -0.4 is 9.62 Å². The second-order valence-electron chi connectivity index (χ2n) is 10.8. The molecule has 41 heavy (non-hydrogen) atoms. The van der Waals surface area contributed by atoms with E-state index in [4.69, 9.17) is 0 Å². The van der Waals surface area contributed by atoms with E-state index in [1.807, 2.05) is 34.0 Å². The van der Waals surface area contributed by atoms with Gasteiger partial charge in [0.15, 0.2) is 0 Å². The maximum Gasteiger partial charge on any atom is 0.264 e. The largest absolute Gasteiger partial charge is 0.350 e. The number of hydrogen-bond donors (Lipinski definition) is 1. The van der Waals surface area contributed by atoms with Gasteiger partial charge in [-0.05, 0) is 94.5 Å². The lowest BCUT2D eigenvalue weighted by atomic mass is 10.1. The predicted molar refractivity (Wildman–Crippen MR) is 163 cm³/mol. The van der Waals surface area contributed by atoms with E-state index in [0.717, 1.165) is 14.8 Å². The zero-order chi connectivity index (χ0) is 30.4. The molecule has 10 heteroatoms. The number of nitrogens with one attached hydrogen (secondary N) is 1. The normalized spacial score (nSPS) is 12.5. The van der Waals surface area contributed by atoms with Crippen LogP contribution in [0.2, 0.25) is 0 Å². The second-order valence-corrected chi connectivity index (χ2v) is 13.6. The summed E-state index contributed by atoms with van der Waals surface area (Å²) in [6.45, 7) is 8.68. The number of rotatable bonds is 11. The van der Waals surface area contributed by atoms with Gasteiger partial charge in [0.2, 0.25) is 11.8 Å². The van der Waals surface area contributed by atoms with Crippen LogP contribution in [0.25, 0.3) is 0 Å². The van der Waals surface area contributed by atoms with Gasteiger partial charge in [0.25, 0.3) is 10.0 Å². The average Bonchev–Trinajstić information content (AvgIpc) is 2.92. The molecule has 0 aliphatic carbocycles. The molecule has 0 aliphatic rings. The number of carbonyl (C=O) groups is 2. The first-order valence-electron chi connectivity index (χ1n) is 13.3. The first kappa shape index (κ1) is 32.1. The topological polar surface area (TPSA) is 86.8 Å². The summed E-state index contributed by atoms with van der Waals surface area (Å²) in [4.78, 5) is 29.8. The van der Waals surface area contributed by atoms with Crippen molar-refractivity contribution in [2.45, 2.75) is 69.0 Å². The third-order valence-electron chi connectivity index (χ3n) is 6.40. The highest BCUT2D eigenvalue weighted by atomic mass is 32.2. The van der Waals surface area contributed by atoms with Crippen molar-refractivity contribution in [3.05, 3.63) is 89.7 Å². The van der Waals surface area contributed by atoms with Crippen molar-refractivity contribution in [3.8, 4) is 0 Å². The lowest BCUT2D eigenvalue weighted by molar-refractivity contribution is -0.141. The summed E-state index contributed by atoms with van der Waals surface area (Å²) in [5.74, 6) is -1.34. The van der Waals surface area contributed by atoms with Crippen LogP contribution in [0.1, 0.15) is 45.2 Å². The Morgan fingerprint density at radius 2 is 1.54 bits per heavy atom. The molecule has 0 saturated carbocycles. The van der Waals surface area contributed by atoms with Gasteiger partial charge in [0, 0.05) is 17.0 Å². The van der Waals surface area contributed by atoms with E-state index in [2.05, 4.69) is 5.32 Å². The van der Waals surface area contributed by atoms with Gasteiger partial charge in [-0.1, -0.05) is 36.8 Å². The number of sulfonamides is 1. The van der Waals surface area contributed by atoms with Crippen LogP contribution in [-0.4, -0.2) is 49.5 Å². The zero-order valence-electron chi connectivity index (χ0n) is 24.3. The van der Waals surface area contributed by atoms with Gasteiger partial charge in [-0.3, -0.25) is 13.9 Å². The zero-order valence-corrected chi connectivity index (χ0v) is 26.0. The van der Waals surface area contributed by atoms with Gasteiger partial charge in [0.05, 0.1) is 10.6 Å². The van der Waals surface area contributed by atoms with E-state index < -0.39 is 39.9 Å². The van der Waals surface area contributed by atoms with Crippen LogP contribution in [0, 0.1) is 12.7 Å². The molecule has 7 nitrogen and oxygen atoms in total. The molecule has 0 spiro atoms. The predicted octanol–water partition coefficient (Wildman–Crippen LogP) is 5.77. The van der Waals surface area contributed by atoms with Gasteiger partial charge in [-0.15, -0.1) is 11.8 Å². The summed E-state index contributed by atoms with van der Waals surface area (Å²) < 4.78 is 42.6. The fraction of sp³-hybridized carbons (Fsp3) is 0.355. The minimum atomic E-state index is -4.15. The molecule has 3 rings (SSSR count). The molecule has 3 aromatic carbocycles. The summed E-state index contributed by atoms with van der Waals surface area (Å²) in [6, 6.07) is 18.1. The fourth-order valence-electron chi connectivity index (χ4n) is 4.27. The third kappa shape index (κ3) is 8.56. The Bertz CT molecular complexity index is 1440. The van der Waals surface area contributed by atoms with Crippen molar-refractivity contribution < 1.29 is 22.4 Å². The molecule has 1 atom stereocenters. The van der Waals surface area contributed by atoms with E-state index in [0.29, 0.717) is 17.7 Å². The van der Waals surface area contributed by atoms with E-state index in [9.17, 15) is 22.4 Å². The number of nitrogens with zero attached hydrogens (tertiary/aromatic N) is 2. The van der Waals surface area contributed by atoms with Crippen LogP contribution >= 0.6 is 11.8 Å². The number of halogens is 1. The van der Waals surface area contributed by atoms with Crippen molar-refractivity contribution >= 4 is 39.3 Å². The maximum atomic E-state index is 14.1. The molecule has 0 aliphatic heterocycles. The molecule has 1 N–H and O–H groups in total. The number of anilines is 1.